The van der Waals surface area contributed by atoms with Crippen molar-refractivity contribution < 1.29 is 40.7 Å². The van der Waals surface area contributed by atoms with Crippen LogP contribution in [0, 0.1) is 6.92 Å². The molecule has 40 heavy (non-hydrogen) atoms. The number of benzene rings is 1. The maximum Gasteiger partial charge on any atom is 0.416 e. The molecule has 3 aromatic rings. The number of ether oxygens (including phenoxy) is 1. The van der Waals surface area contributed by atoms with Gasteiger partial charge in [-0.15, -0.1) is 0 Å². The Morgan fingerprint density at radius 2 is 1.75 bits per heavy atom. The van der Waals surface area contributed by atoms with Gasteiger partial charge >= 0.3 is 18.3 Å². The predicted molar refractivity (Wildman–Crippen MR) is 132 cm³/mol. The van der Waals surface area contributed by atoms with Gasteiger partial charge in [-0.1, -0.05) is 11.7 Å². The van der Waals surface area contributed by atoms with E-state index in [1.807, 2.05) is 26.0 Å². The van der Waals surface area contributed by atoms with Crippen molar-refractivity contribution in [1.82, 2.24) is 20.4 Å². The van der Waals surface area contributed by atoms with Gasteiger partial charge in [-0.25, -0.2) is 0 Å². The van der Waals surface area contributed by atoms with Gasteiger partial charge in [-0.3, -0.25) is 9.78 Å². The van der Waals surface area contributed by atoms with E-state index in [4.69, 9.17) is 0 Å². The number of halogens is 6. The number of carbonyl (C=O) groups excluding carboxylic acids is 1. The van der Waals surface area contributed by atoms with Crippen LogP contribution in [0.15, 0.2) is 30.3 Å². The van der Waals surface area contributed by atoms with Crippen LogP contribution in [0.3, 0.4) is 0 Å². The number of nitrogens with one attached hydrogen (secondary N) is 2. The first-order chi connectivity index (χ1) is 18.8. The molecule has 1 aliphatic heterocycles. The highest BCUT2D eigenvalue weighted by Gasteiger charge is 2.39. The average Bonchev–Trinajstić information content (AvgIpc) is 3.32. The molecule has 2 N–H and O–H groups in total. The highest BCUT2D eigenvalue weighted by Crippen LogP contribution is 2.40. The van der Waals surface area contributed by atoms with Crippen LogP contribution in [0.25, 0.3) is 0 Å². The fourth-order valence-electron chi connectivity index (χ4n) is 4.27. The second-order valence-electron chi connectivity index (χ2n) is 9.12. The number of hydrogen-bond donors (Lipinski definition) is 2. The molecule has 0 saturated heterocycles. The second-order valence-corrected chi connectivity index (χ2v) is 9.12. The first-order valence-electron chi connectivity index (χ1n) is 12.4. The Bertz CT molecular complexity index is 1260. The molecule has 9 nitrogen and oxygen atoms in total. The third-order valence-corrected chi connectivity index (χ3v) is 6.14. The number of aromatic nitrogens is 5. The average molecular weight is 575 g/mol. The van der Waals surface area contributed by atoms with Crippen molar-refractivity contribution in [3.8, 4) is 0 Å². The summed E-state index contributed by atoms with van der Waals surface area (Å²) < 4.78 is 84.9. The quantitative estimate of drug-likeness (QED) is 0.236. The third-order valence-electron chi connectivity index (χ3n) is 6.14. The van der Waals surface area contributed by atoms with Crippen LogP contribution < -0.4 is 15.0 Å². The van der Waals surface area contributed by atoms with Crippen LogP contribution in [0.4, 0.5) is 38.0 Å². The van der Waals surface area contributed by atoms with Crippen LogP contribution in [-0.4, -0.2) is 39.5 Å². The Morgan fingerprint density at radius 3 is 2.23 bits per heavy atom. The molecule has 0 unspecified atom stereocenters. The molecule has 2 atom stereocenters. The number of aryl methyl sites for hydroxylation is 2. The number of pyridine rings is 1. The zero-order valence-corrected chi connectivity index (χ0v) is 22.3. The molecule has 218 valence electrons. The molecule has 0 radical (unpaired) electrons. The molecule has 2 aromatic heterocycles. The Kier molecular flexibility index (Phi) is 9.58. The summed E-state index contributed by atoms with van der Waals surface area (Å²) in [6, 6.07) is 4.82. The van der Waals surface area contributed by atoms with Gasteiger partial charge in [0.25, 0.3) is 6.47 Å². The molecule has 0 amide bonds. The van der Waals surface area contributed by atoms with Crippen molar-refractivity contribution >= 4 is 18.1 Å². The summed E-state index contributed by atoms with van der Waals surface area (Å²) in [7, 11) is 1.58. The highest BCUT2D eigenvalue weighted by molar-refractivity contribution is 5.55. The summed E-state index contributed by atoms with van der Waals surface area (Å²) in [4.78, 5) is 16.7. The van der Waals surface area contributed by atoms with Crippen LogP contribution in [0.2, 0.25) is 0 Å². The Balaban J connectivity index is 0.000000810. The zero-order chi connectivity index (χ0) is 29.7. The lowest BCUT2D eigenvalue weighted by atomic mass is 9.93. The molecule has 0 fully saturated rings. The Morgan fingerprint density at radius 1 is 1.10 bits per heavy atom. The van der Waals surface area contributed by atoms with E-state index in [0.29, 0.717) is 25.2 Å². The summed E-state index contributed by atoms with van der Waals surface area (Å²) >= 11 is 0. The number of fused-ring (bicyclic) bond motifs is 1. The number of nitrogens with zero attached hydrogens (tertiary/aromatic N) is 5. The normalized spacial score (nSPS) is 16.8. The molecule has 1 aliphatic rings. The number of carbonyl (C=O) groups is 1. The minimum absolute atomic E-state index is 0.0134. The van der Waals surface area contributed by atoms with E-state index in [1.54, 1.807) is 18.9 Å². The lowest BCUT2D eigenvalue weighted by Gasteiger charge is -2.37. The number of tetrazole rings is 1. The van der Waals surface area contributed by atoms with Gasteiger partial charge in [0.1, 0.15) is 7.05 Å². The Labute approximate surface area is 226 Å². The van der Waals surface area contributed by atoms with Crippen molar-refractivity contribution in [3.63, 3.8) is 0 Å². The van der Waals surface area contributed by atoms with Crippen molar-refractivity contribution in [2.45, 2.75) is 64.6 Å². The minimum atomic E-state index is -4.94. The van der Waals surface area contributed by atoms with E-state index in [9.17, 15) is 31.1 Å². The largest absolute Gasteiger partial charge is 0.468 e. The Hall–Kier alpha value is -3.91. The van der Waals surface area contributed by atoms with Gasteiger partial charge in [0.2, 0.25) is 0 Å². The summed E-state index contributed by atoms with van der Waals surface area (Å²) in [5.74, 6) is 0.134. The first-order valence-corrected chi connectivity index (χ1v) is 12.4. The van der Waals surface area contributed by atoms with E-state index in [2.05, 4.69) is 30.4 Å². The standard InChI is InChI=1S/C22H23F6N7.C3H6O2/c1-4-16-10-18(19-17(30-16)6-5-12(2)29-19)35(20-31-33-34(3)32-20)11-13-7-14(21(23,24)25)9-15(8-13)22(26,27)28;1-2-5-3-4/h5-9,16,18,30H,4,10-11H2,1-3H3;3H,2H2,1H3/p+1/t16-,18+;/m1./s1. The van der Waals surface area contributed by atoms with Crippen LogP contribution in [0.1, 0.15) is 60.8 Å². The summed E-state index contributed by atoms with van der Waals surface area (Å²) in [6.07, 6.45) is -8.62. The molecule has 0 saturated carbocycles. The van der Waals surface area contributed by atoms with E-state index in [-0.39, 0.29) is 30.2 Å². The number of hydrogen-bond acceptors (Lipinski definition) is 7. The maximum atomic E-state index is 13.5. The van der Waals surface area contributed by atoms with E-state index >= 15 is 0 Å². The van der Waals surface area contributed by atoms with E-state index in [0.717, 1.165) is 29.9 Å². The fourth-order valence-corrected chi connectivity index (χ4v) is 4.27. The highest BCUT2D eigenvalue weighted by atomic mass is 19.4. The number of rotatable bonds is 7. The molecule has 3 heterocycles. The van der Waals surface area contributed by atoms with Gasteiger partial charge in [0, 0.05) is 23.4 Å². The van der Waals surface area contributed by atoms with Crippen LogP contribution in [0.5, 0.6) is 0 Å². The SMILES string of the molecule is CCOC=O.CC[C@@H]1C[C@H](N(Cc2cc(C(F)(F)F)cc(C(F)(F)F)c2)c2n[nH][n+](C)n2)c2nc(C)ccc2N1. The van der Waals surface area contributed by atoms with Crippen molar-refractivity contribution in [3.05, 3.63) is 58.4 Å². The van der Waals surface area contributed by atoms with Gasteiger partial charge in [-0.05, 0) is 67.8 Å². The predicted octanol–water partition coefficient (Wildman–Crippen LogP) is 4.89. The maximum absolute atomic E-state index is 13.5. The molecule has 0 aliphatic carbocycles. The number of alkyl halides is 6. The zero-order valence-electron chi connectivity index (χ0n) is 22.3. The van der Waals surface area contributed by atoms with Crippen molar-refractivity contribution in [2.75, 3.05) is 16.8 Å². The van der Waals surface area contributed by atoms with Crippen LogP contribution >= 0.6 is 0 Å². The monoisotopic (exact) mass is 574 g/mol. The van der Waals surface area contributed by atoms with Gasteiger partial charge in [-0.2, -0.15) is 26.3 Å². The number of aromatic amines is 1. The number of H-pyrrole nitrogens is 1. The van der Waals surface area contributed by atoms with Crippen molar-refractivity contribution in [1.29, 1.82) is 0 Å². The first kappa shape index (κ1) is 30.6. The molecule has 0 spiro atoms. The fraction of sp³-hybridized carbons (Fsp3) is 0.480. The van der Waals surface area contributed by atoms with Gasteiger partial charge < -0.3 is 15.0 Å². The van der Waals surface area contributed by atoms with Crippen molar-refractivity contribution in [2.24, 2.45) is 7.05 Å². The summed E-state index contributed by atoms with van der Waals surface area (Å²) in [5, 5.41) is 14.4. The molecule has 1 aromatic carbocycles. The van der Waals surface area contributed by atoms with Crippen LogP contribution in [-0.2, 0) is 35.5 Å². The molecule has 15 heteroatoms. The smallest absolute Gasteiger partial charge is 0.416 e. The molecule has 4 rings (SSSR count). The lowest BCUT2D eigenvalue weighted by molar-refractivity contribution is -0.783. The summed E-state index contributed by atoms with van der Waals surface area (Å²) in [5.41, 5.74) is -0.790. The topological polar surface area (TPSA) is 99.9 Å². The second kappa shape index (κ2) is 12.5. The van der Waals surface area contributed by atoms with E-state index in [1.165, 1.54) is 4.80 Å². The van der Waals surface area contributed by atoms with E-state index < -0.39 is 29.5 Å². The lowest BCUT2D eigenvalue weighted by Crippen LogP contribution is -2.39. The molecule has 0 bridgehead atoms. The van der Waals surface area contributed by atoms with Gasteiger partial charge in [0.15, 0.2) is 0 Å². The third kappa shape index (κ3) is 7.60. The summed E-state index contributed by atoms with van der Waals surface area (Å²) in [6.45, 7) is 6.17. The minimum Gasteiger partial charge on any atom is -0.468 e. The molecular formula is C25H30F6N7O2+. The number of anilines is 2. The molecular weight excluding hydrogens is 544 g/mol. The van der Waals surface area contributed by atoms with Gasteiger partial charge in [0.05, 0.1) is 40.3 Å².